The van der Waals surface area contributed by atoms with Crippen molar-refractivity contribution in [3.63, 3.8) is 0 Å². The number of aromatic nitrogens is 1. The summed E-state index contributed by atoms with van der Waals surface area (Å²) in [4.78, 5) is 39.4. The highest BCUT2D eigenvalue weighted by Crippen LogP contribution is 2.21. The summed E-state index contributed by atoms with van der Waals surface area (Å²) in [6.07, 6.45) is -1.12. The summed E-state index contributed by atoms with van der Waals surface area (Å²) < 4.78 is 23.4. The van der Waals surface area contributed by atoms with Gasteiger partial charge in [0.05, 0.1) is 23.9 Å². The standard InChI is InChI=1S/C19H20FNO5/c1-9-6-7-13(8-14(9)20)18(23)26-12(4)17(22)16-10(2)15(11(3)21-16)19(24)25-5/h6-8,12,21H,1-5H3/t12-/m1/s1. The molecule has 2 rings (SSSR count). The van der Waals surface area contributed by atoms with Crippen LogP contribution in [0, 0.1) is 26.6 Å². The Balaban J connectivity index is 2.21. The number of nitrogens with one attached hydrogen (secondary N) is 1. The van der Waals surface area contributed by atoms with Crippen LogP contribution in [0.2, 0.25) is 0 Å². The van der Waals surface area contributed by atoms with Gasteiger partial charge in [0.25, 0.3) is 0 Å². The first-order valence-electron chi connectivity index (χ1n) is 7.96. The summed E-state index contributed by atoms with van der Waals surface area (Å²) >= 11 is 0. The first-order valence-corrected chi connectivity index (χ1v) is 7.96. The van der Waals surface area contributed by atoms with Crippen LogP contribution in [0.5, 0.6) is 0 Å². The van der Waals surface area contributed by atoms with Crippen LogP contribution in [0.1, 0.15) is 54.9 Å². The van der Waals surface area contributed by atoms with E-state index in [0.29, 0.717) is 16.8 Å². The van der Waals surface area contributed by atoms with Gasteiger partial charge in [0, 0.05) is 5.69 Å². The molecule has 0 unspecified atom stereocenters. The molecule has 0 saturated heterocycles. The van der Waals surface area contributed by atoms with E-state index >= 15 is 0 Å². The highest BCUT2D eigenvalue weighted by atomic mass is 19.1. The highest BCUT2D eigenvalue weighted by molar-refractivity contribution is 6.04. The topological polar surface area (TPSA) is 85.5 Å². The van der Waals surface area contributed by atoms with E-state index in [0.717, 1.165) is 6.07 Å². The Bertz CT molecular complexity index is 884. The van der Waals surface area contributed by atoms with Gasteiger partial charge in [-0.3, -0.25) is 4.79 Å². The van der Waals surface area contributed by atoms with Gasteiger partial charge < -0.3 is 14.5 Å². The van der Waals surface area contributed by atoms with E-state index in [1.165, 1.54) is 26.2 Å². The summed E-state index contributed by atoms with van der Waals surface area (Å²) in [6, 6.07) is 3.95. The van der Waals surface area contributed by atoms with E-state index in [-0.39, 0.29) is 16.8 Å². The van der Waals surface area contributed by atoms with E-state index in [1.54, 1.807) is 20.8 Å². The molecule has 26 heavy (non-hydrogen) atoms. The fourth-order valence-electron chi connectivity index (χ4n) is 2.61. The molecule has 0 spiro atoms. The number of esters is 2. The Labute approximate surface area is 150 Å². The summed E-state index contributed by atoms with van der Waals surface area (Å²) in [7, 11) is 1.25. The normalized spacial score (nSPS) is 11.8. The third kappa shape index (κ3) is 3.66. The van der Waals surface area contributed by atoms with Crippen molar-refractivity contribution in [1.82, 2.24) is 4.98 Å². The average Bonchev–Trinajstić information content (AvgIpc) is 2.90. The third-order valence-electron chi connectivity index (χ3n) is 4.13. The lowest BCUT2D eigenvalue weighted by molar-refractivity contribution is 0.0316. The molecule has 6 nitrogen and oxygen atoms in total. The molecule has 0 fully saturated rings. The Morgan fingerprint density at radius 3 is 2.35 bits per heavy atom. The van der Waals surface area contributed by atoms with Crippen LogP contribution >= 0.6 is 0 Å². The van der Waals surface area contributed by atoms with Crippen molar-refractivity contribution in [2.75, 3.05) is 7.11 Å². The summed E-state index contributed by atoms with van der Waals surface area (Å²) in [5.41, 5.74) is 1.76. The van der Waals surface area contributed by atoms with Crippen molar-refractivity contribution in [2.24, 2.45) is 0 Å². The number of methoxy groups -OCH3 is 1. The van der Waals surface area contributed by atoms with Crippen molar-refractivity contribution in [3.8, 4) is 0 Å². The Morgan fingerprint density at radius 1 is 1.12 bits per heavy atom. The van der Waals surface area contributed by atoms with Gasteiger partial charge in [-0.2, -0.15) is 0 Å². The largest absolute Gasteiger partial charge is 0.465 e. The quantitative estimate of drug-likeness (QED) is 0.652. The Kier molecular flexibility index (Phi) is 5.59. The molecule has 0 aliphatic heterocycles. The Morgan fingerprint density at radius 2 is 1.77 bits per heavy atom. The second-order valence-corrected chi connectivity index (χ2v) is 5.99. The average molecular weight is 361 g/mol. The first-order chi connectivity index (χ1) is 12.2. The number of Topliss-reactive ketones (excluding diaryl/α,β-unsaturated/α-hetero) is 1. The van der Waals surface area contributed by atoms with Crippen molar-refractivity contribution in [1.29, 1.82) is 0 Å². The lowest BCUT2D eigenvalue weighted by Gasteiger charge is -2.12. The van der Waals surface area contributed by atoms with Gasteiger partial charge in [-0.25, -0.2) is 14.0 Å². The predicted molar refractivity (Wildman–Crippen MR) is 92.0 cm³/mol. The predicted octanol–water partition coefficient (Wildman–Crippen LogP) is 3.29. The van der Waals surface area contributed by atoms with Gasteiger partial charge in [-0.1, -0.05) is 6.07 Å². The zero-order chi connectivity index (χ0) is 19.6. The van der Waals surface area contributed by atoms with Gasteiger partial charge in [0.15, 0.2) is 6.10 Å². The SMILES string of the molecule is COC(=O)c1c(C)[nH]c(C(=O)[C@@H](C)OC(=O)c2ccc(C)c(F)c2)c1C. The van der Waals surface area contributed by atoms with E-state index in [1.807, 2.05) is 0 Å². The number of H-pyrrole nitrogens is 1. The number of hydrogen-bond donors (Lipinski definition) is 1. The molecule has 2 aromatic rings. The molecule has 1 aromatic carbocycles. The summed E-state index contributed by atoms with van der Waals surface area (Å²) in [5, 5.41) is 0. The molecule has 138 valence electrons. The van der Waals surface area contributed by atoms with Gasteiger partial charge >= 0.3 is 11.9 Å². The number of hydrogen-bond acceptors (Lipinski definition) is 5. The van der Waals surface area contributed by atoms with Crippen LogP contribution in [0.25, 0.3) is 0 Å². The fraction of sp³-hybridized carbons (Fsp3) is 0.316. The number of ether oxygens (including phenoxy) is 2. The number of benzene rings is 1. The molecule has 1 N–H and O–H groups in total. The van der Waals surface area contributed by atoms with Crippen LogP contribution in [0.3, 0.4) is 0 Å². The molecular weight excluding hydrogens is 341 g/mol. The number of aryl methyl sites for hydroxylation is 2. The van der Waals surface area contributed by atoms with Crippen molar-refractivity contribution in [2.45, 2.75) is 33.8 Å². The Hall–Kier alpha value is -2.96. The van der Waals surface area contributed by atoms with Crippen LogP contribution in [-0.2, 0) is 9.47 Å². The minimum atomic E-state index is -1.12. The van der Waals surface area contributed by atoms with E-state index < -0.39 is 29.6 Å². The van der Waals surface area contributed by atoms with Gasteiger partial charge in [0.2, 0.25) is 5.78 Å². The number of ketones is 1. The highest BCUT2D eigenvalue weighted by Gasteiger charge is 2.27. The van der Waals surface area contributed by atoms with Crippen LogP contribution in [0.15, 0.2) is 18.2 Å². The van der Waals surface area contributed by atoms with Gasteiger partial charge in [-0.05, 0) is 51.0 Å². The molecule has 0 amide bonds. The molecule has 0 radical (unpaired) electrons. The lowest BCUT2D eigenvalue weighted by Crippen LogP contribution is -2.25. The molecule has 1 aromatic heterocycles. The number of carbonyl (C=O) groups excluding carboxylic acids is 3. The minimum absolute atomic E-state index is 0.0161. The maximum absolute atomic E-state index is 13.6. The number of rotatable bonds is 5. The zero-order valence-electron chi connectivity index (χ0n) is 15.2. The monoisotopic (exact) mass is 361 g/mol. The van der Waals surface area contributed by atoms with Gasteiger partial charge in [-0.15, -0.1) is 0 Å². The second kappa shape index (κ2) is 7.51. The minimum Gasteiger partial charge on any atom is -0.465 e. The maximum atomic E-state index is 13.6. The van der Waals surface area contributed by atoms with Crippen LogP contribution in [0.4, 0.5) is 4.39 Å². The third-order valence-corrected chi connectivity index (χ3v) is 4.13. The molecule has 0 saturated carbocycles. The molecule has 0 aliphatic carbocycles. The molecule has 1 heterocycles. The number of aromatic amines is 1. The molecule has 0 aliphatic rings. The van der Waals surface area contributed by atoms with E-state index in [9.17, 15) is 18.8 Å². The van der Waals surface area contributed by atoms with Gasteiger partial charge in [0.1, 0.15) is 5.82 Å². The van der Waals surface area contributed by atoms with E-state index in [2.05, 4.69) is 4.98 Å². The van der Waals surface area contributed by atoms with Crippen molar-refractivity contribution < 1.29 is 28.2 Å². The number of halogens is 1. The fourth-order valence-corrected chi connectivity index (χ4v) is 2.61. The zero-order valence-corrected chi connectivity index (χ0v) is 15.2. The summed E-state index contributed by atoms with van der Waals surface area (Å²) in [5.74, 6) is -2.40. The van der Waals surface area contributed by atoms with Crippen molar-refractivity contribution in [3.05, 3.63) is 57.7 Å². The molecule has 1 atom stereocenters. The van der Waals surface area contributed by atoms with Crippen molar-refractivity contribution >= 4 is 17.7 Å². The lowest BCUT2D eigenvalue weighted by atomic mass is 10.1. The van der Waals surface area contributed by atoms with Crippen LogP contribution in [-0.4, -0.2) is 35.9 Å². The molecular formula is C19H20FNO5. The first kappa shape index (κ1) is 19.4. The summed E-state index contributed by atoms with van der Waals surface area (Å²) in [6.45, 7) is 6.23. The smallest absolute Gasteiger partial charge is 0.339 e. The molecule has 7 heteroatoms. The van der Waals surface area contributed by atoms with E-state index in [4.69, 9.17) is 9.47 Å². The molecule has 0 bridgehead atoms. The second-order valence-electron chi connectivity index (χ2n) is 5.99. The van der Waals surface area contributed by atoms with Crippen LogP contribution < -0.4 is 0 Å². The number of carbonyl (C=O) groups is 3. The maximum Gasteiger partial charge on any atom is 0.339 e.